The van der Waals surface area contributed by atoms with E-state index in [4.69, 9.17) is 0 Å². The van der Waals surface area contributed by atoms with E-state index in [9.17, 15) is 10.1 Å². The number of aryl methyl sites for hydroxylation is 1. The van der Waals surface area contributed by atoms with Gasteiger partial charge in [0.1, 0.15) is 6.20 Å². The van der Waals surface area contributed by atoms with Crippen molar-refractivity contribution in [3.8, 4) is 0 Å². The van der Waals surface area contributed by atoms with Gasteiger partial charge < -0.3 is 10.1 Å². The van der Waals surface area contributed by atoms with Gasteiger partial charge in [-0.05, 0) is 17.8 Å². The molecule has 5 nitrogen and oxygen atoms in total. The van der Waals surface area contributed by atoms with E-state index < -0.39 is 0 Å². The number of nitrogens with zero attached hydrogens (tertiary/aromatic N) is 3. The zero-order valence-electron chi connectivity index (χ0n) is 10.7. The number of rotatable bonds is 8. The summed E-state index contributed by atoms with van der Waals surface area (Å²) in [7, 11) is 0. The van der Waals surface area contributed by atoms with Gasteiger partial charge >= 0.3 is 5.82 Å². The Kier molecular flexibility index (Phi) is 5.66. The van der Waals surface area contributed by atoms with E-state index >= 15 is 0 Å². The lowest BCUT2D eigenvalue weighted by atomic mass is 10.1. The van der Waals surface area contributed by atoms with Crippen LogP contribution < -0.4 is 0 Å². The Morgan fingerprint density at radius 3 is 2.59 bits per heavy atom. The van der Waals surface area contributed by atoms with Crippen LogP contribution in [-0.2, 0) is 6.54 Å². The van der Waals surface area contributed by atoms with Gasteiger partial charge in [0, 0.05) is 6.92 Å². The standard InChI is InChI=1S/C12H21N3O2/c1-3-4-5-6-7-8-9-14-11(2)13-10-12(14)15(16)17/h10H,3-9H2,1-2H3. The van der Waals surface area contributed by atoms with E-state index in [0.717, 1.165) is 18.7 Å². The fourth-order valence-electron chi connectivity index (χ4n) is 1.93. The molecule has 0 saturated carbocycles. The van der Waals surface area contributed by atoms with E-state index in [1.807, 2.05) is 6.92 Å². The Bertz CT molecular complexity index is 361. The van der Waals surface area contributed by atoms with Gasteiger partial charge in [-0.3, -0.25) is 0 Å². The monoisotopic (exact) mass is 239 g/mol. The van der Waals surface area contributed by atoms with Crippen LogP contribution in [0.25, 0.3) is 0 Å². The minimum atomic E-state index is -0.364. The molecule has 1 rings (SSSR count). The Morgan fingerprint density at radius 2 is 1.94 bits per heavy atom. The summed E-state index contributed by atoms with van der Waals surface area (Å²) in [5, 5.41) is 10.8. The zero-order valence-corrected chi connectivity index (χ0v) is 10.7. The molecule has 0 fully saturated rings. The first kappa shape index (κ1) is 13.7. The SMILES string of the molecule is CCCCCCCCn1c([N+](=O)[O-])cnc1C. The Balaban J connectivity index is 2.36. The average molecular weight is 239 g/mol. The third-order valence-corrected chi connectivity index (χ3v) is 2.96. The number of nitro groups is 1. The minimum absolute atomic E-state index is 0.107. The first-order valence-electron chi connectivity index (χ1n) is 6.33. The maximum absolute atomic E-state index is 10.8. The van der Waals surface area contributed by atoms with Gasteiger partial charge in [-0.25, -0.2) is 9.55 Å². The second kappa shape index (κ2) is 7.04. The summed E-state index contributed by atoms with van der Waals surface area (Å²) in [6.45, 7) is 4.70. The average Bonchev–Trinajstić information content (AvgIpc) is 2.65. The van der Waals surface area contributed by atoms with Crippen molar-refractivity contribution in [2.75, 3.05) is 0 Å². The molecule has 5 heteroatoms. The third kappa shape index (κ3) is 4.17. The van der Waals surface area contributed by atoms with Crippen LogP contribution >= 0.6 is 0 Å². The number of hydrogen-bond donors (Lipinski definition) is 0. The lowest BCUT2D eigenvalue weighted by Crippen LogP contribution is -2.05. The van der Waals surface area contributed by atoms with E-state index in [1.165, 1.54) is 31.9 Å². The molecule has 0 aliphatic heterocycles. The topological polar surface area (TPSA) is 61.0 Å². The summed E-state index contributed by atoms with van der Waals surface area (Å²) >= 11 is 0. The molecule has 0 bridgehead atoms. The highest BCUT2D eigenvalue weighted by molar-refractivity contribution is 5.18. The Labute approximate surface area is 102 Å². The Morgan fingerprint density at radius 1 is 1.29 bits per heavy atom. The molecular formula is C12H21N3O2. The lowest BCUT2D eigenvalue weighted by Gasteiger charge is -2.03. The van der Waals surface area contributed by atoms with Crippen molar-refractivity contribution in [1.82, 2.24) is 9.55 Å². The van der Waals surface area contributed by atoms with Gasteiger partial charge in [0.05, 0.1) is 6.54 Å². The highest BCUT2D eigenvalue weighted by atomic mass is 16.6. The number of hydrogen-bond acceptors (Lipinski definition) is 3. The normalized spacial score (nSPS) is 10.7. The first-order chi connectivity index (χ1) is 8.16. The smallest absolute Gasteiger partial charge is 0.342 e. The molecule has 96 valence electrons. The molecule has 1 aromatic rings. The molecule has 0 aliphatic carbocycles. The van der Waals surface area contributed by atoms with Crippen LogP contribution in [0.15, 0.2) is 6.20 Å². The van der Waals surface area contributed by atoms with Crippen LogP contribution in [0.2, 0.25) is 0 Å². The quantitative estimate of drug-likeness (QED) is 0.396. The summed E-state index contributed by atoms with van der Waals surface area (Å²) < 4.78 is 1.69. The third-order valence-electron chi connectivity index (χ3n) is 2.96. The fraction of sp³-hybridized carbons (Fsp3) is 0.750. The van der Waals surface area contributed by atoms with Gasteiger partial charge in [0.25, 0.3) is 0 Å². The van der Waals surface area contributed by atoms with Crippen LogP contribution in [0.3, 0.4) is 0 Å². The molecule has 0 atom stereocenters. The molecule has 0 N–H and O–H groups in total. The van der Waals surface area contributed by atoms with Crippen LogP contribution in [0.4, 0.5) is 5.82 Å². The van der Waals surface area contributed by atoms with Crippen LogP contribution in [0.1, 0.15) is 51.3 Å². The Hall–Kier alpha value is -1.39. The van der Waals surface area contributed by atoms with Crippen LogP contribution in [0.5, 0.6) is 0 Å². The van der Waals surface area contributed by atoms with Crippen molar-refractivity contribution in [2.45, 2.75) is 58.9 Å². The molecule has 1 heterocycles. The van der Waals surface area contributed by atoms with Gasteiger partial charge in [-0.2, -0.15) is 0 Å². The van der Waals surface area contributed by atoms with Crippen LogP contribution in [0, 0.1) is 17.0 Å². The molecule has 0 unspecified atom stereocenters. The van der Waals surface area contributed by atoms with Crippen molar-refractivity contribution in [3.63, 3.8) is 0 Å². The molecule has 0 aliphatic rings. The van der Waals surface area contributed by atoms with E-state index in [1.54, 1.807) is 4.57 Å². The number of aromatic nitrogens is 2. The summed E-state index contributed by atoms with van der Waals surface area (Å²) in [6, 6.07) is 0. The molecule has 0 radical (unpaired) electrons. The van der Waals surface area contributed by atoms with Crippen molar-refractivity contribution in [2.24, 2.45) is 0 Å². The highest BCUT2D eigenvalue weighted by Gasteiger charge is 2.16. The molecule has 0 spiro atoms. The molecule has 0 amide bonds. The van der Waals surface area contributed by atoms with Gasteiger partial charge in [-0.15, -0.1) is 0 Å². The fourth-order valence-corrected chi connectivity index (χ4v) is 1.93. The van der Waals surface area contributed by atoms with E-state index in [0.29, 0.717) is 6.54 Å². The number of imidazole rings is 1. The maximum Gasteiger partial charge on any atom is 0.342 e. The highest BCUT2D eigenvalue weighted by Crippen LogP contribution is 2.15. The van der Waals surface area contributed by atoms with Crippen molar-refractivity contribution < 1.29 is 4.92 Å². The van der Waals surface area contributed by atoms with Gasteiger partial charge in [0.15, 0.2) is 5.82 Å². The predicted octanol–water partition coefficient (Wildman–Crippen LogP) is 3.46. The summed E-state index contributed by atoms with van der Waals surface area (Å²) in [5.41, 5.74) is 0. The second-order valence-corrected chi connectivity index (χ2v) is 4.34. The zero-order chi connectivity index (χ0) is 12.7. The van der Waals surface area contributed by atoms with E-state index in [2.05, 4.69) is 11.9 Å². The molecule has 1 aromatic heterocycles. The van der Waals surface area contributed by atoms with Crippen molar-refractivity contribution in [3.05, 3.63) is 22.1 Å². The number of unbranched alkanes of at least 4 members (excludes halogenated alkanes) is 5. The van der Waals surface area contributed by atoms with Gasteiger partial charge in [0.2, 0.25) is 0 Å². The molecule has 0 saturated heterocycles. The minimum Gasteiger partial charge on any atom is -0.358 e. The van der Waals surface area contributed by atoms with Crippen molar-refractivity contribution in [1.29, 1.82) is 0 Å². The van der Waals surface area contributed by atoms with E-state index in [-0.39, 0.29) is 10.7 Å². The van der Waals surface area contributed by atoms with Gasteiger partial charge in [-0.1, -0.05) is 32.6 Å². The molecule has 17 heavy (non-hydrogen) atoms. The largest absolute Gasteiger partial charge is 0.358 e. The predicted molar refractivity (Wildman–Crippen MR) is 67.0 cm³/mol. The second-order valence-electron chi connectivity index (χ2n) is 4.34. The first-order valence-corrected chi connectivity index (χ1v) is 6.33. The molecular weight excluding hydrogens is 218 g/mol. The molecule has 0 aromatic carbocycles. The summed E-state index contributed by atoms with van der Waals surface area (Å²) in [6.07, 6.45) is 8.47. The lowest BCUT2D eigenvalue weighted by molar-refractivity contribution is -0.392. The van der Waals surface area contributed by atoms with Crippen molar-refractivity contribution >= 4 is 5.82 Å². The maximum atomic E-state index is 10.8. The summed E-state index contributed by atoms with van der Waals surface area (Å²) in [4.78, 5) is 14.4. The van der Waals surface area contributed by atoms with Crippen LogP contribution in [-0.4, -0.2) is 14.5 Å². The summed E-state index contributed by atoms with van der Waals surface area (Å²) in [5.74, 6) is 0.835.